The molecule has 0 radical (unpaired) electrons. The molecule has 1 aliphatic rings. The molecule has 1 nitrogen and oxygen atoms in total. The highest BCUT2D eigenvalue weighted by Crippen LogP contribution is 2.28. The first-order chi connectivity index (χ1) is 5.77. The number of halogens is 1. The maximum Gasteiger partial charge on any atom is 0.0471 e. The van der Waals surface area contributed by atoms with Gasteiger partial charge < -0.3 is 0 Å². The number of aromatic nitrogens is 1. The van der Waals surface area contributed by atoms with Crippen LogP contribution in [-0.2, 0) is 12.8 Å². The molecule has 0 bridgehead atoms. The number of hydrogen-bond donors (Lipinski definition) is 0. The number of nitrogens with zero attached hydrogens (tertiary/aromatic N) is 1. The molecule has 0 amide bonds. The predicted octanol–water partition coefficient (Wildman–Crippen LogP) is 2.86. The monoisotopic (exact) mass is 181 g/mol. The van der Waals surface area contributed by atoms with E-state index in [0.717, 1.165) is 23.8 Å². The second kappa shape index (κ2) is 3.06. The lowest BCUT2D eigenvalue weighted by Crippen LogP contribution is -2.13. The van der Waals surface area contributed by atoms with E-state index in [2.05, 4.69) is 11.9 Å². The number of hydrogen-bond acceptors (Lipinski definition) is 1. The van der Waals surface area contributed by atoms with Crippen LogP contribution in [-0.4, -0.2) is 4.98 Å². The van der Waals surface area contributed by atoms with Crippen LogP contribution in [0.15, 0.2) is 12.3 Å². The van der Waals surface area contributed by atoms with Crippen LogP contribution >= 0.6 is 11.6 Å². The van der Waals surface area contributed by atoms with Crippen LogP contribution in [0.1, 0.15) is 24.6 Å². The molecule has 1 aliphatic carbocycles. The molecule has 1 unspecified atom stereocenters. The van der Waals surface area contributed by atoms with Crippen molar-refractivity contribution in [3.8, 4) is 0 Å². The van der Waals surface area contributed by atoms with Gasteiger partial charge in [0.1, 0.15) is 0 Å². The van der Waals surface area contributed by atoms with Gasteiger partial charge in [0.2, 0.25) is 0 Å². The fourth-order valence-corrected chi connectivity index (χ4v) is 2.03. The largest absolute Gasteiger partial charge is 0.261 e. The summed E-state index contributed by atoms with van der Waals surface area (Å²) in [5.41, 5.74) is 2.48. The Morgan fingerprint density at radius 3 is 3.25 bits per heavy atom. The Kier molecular flexibility index (Phi) is 2.05. The van der Waals surface area contributed by atoms with Crippen LogP contribution in [0.25, 0.3) is 0 Å². The fraction of sp³-hybridized carbons (Fsp3) is 0.500. The molecule has 0 saturated heterocycles. The minimum atomic E-state index is 0.767. The number of pyridine rings is 1. The van der Waals surface area contributed by atoms with Crippen LogP contribution < -0.4 is 0 Å². The molecule has 2 heteroatoms. The predicted molar refractivity (Wildman–Crippen MR) is 50.4 cm³/mol. The molecule has 1 heterocycles. The number of fused-ring (bicyclic) bond motifs is 1. The van der Waals surface area contributed by atoms with Gasteiger partial charge in [-0.05, 0) is 36.8 Å². The normalized spacial score (nSPS) is 22.0. The van der Waals surface area contributed by atoms with Crippen LogP contribution in [0.5, 0.6) is 0 Å². The zero-order valence-corrected chi connectivity index (χ0v) is 7.93. The average Bonchev–Trinajstić information content (AvgIpc) is 2.04. The quantitative estimate of drug-likeness (QED) is 0.600. The molecule has 0 aromatic carbocycles. The van der Waals surface area contributed by atoms with Gasteiger partial charge in [0.05, 0.1) is 0 Å². The van der Waals surface area contributed by atoms with Gasteiger partial charge >= 0.3 is 0 Å². The second-order valence-electron chi connectivity index (χ2n) is 3.57. The minimum absolute atomic E-state index is 0.767. The maximum absolute atomic E-state index is 6.05. The summed E-state index contributed by atoms with van der Waals surface area (Å²) in [4.78, 5) is 4.35. The molecule has 64 valence electrons. The van der Waals surface area contributed by atoms with Crippen molar-refractivity contribution in [3.05, 3.63) is 28.5 Å². The average molecular weight is 182 g/mol. The molecule has 1 atom stereocenters. The van der Waals surface area contributed by atoms with E-state index in [-0.39, 0.29) is 0 Å². The lowest BCUT2D eigenvalue weighted by molar-refractivity contribution is 0.492. The van der Waals surface area contributed by atoms with Crippen LogP contribution in [0, 0.1) is 5.92 Å². The summed E-state index contributed by atoms with van der Waals surface area (Å²) in [5, 5.41) is 0.895. The molecule has 0 N–H and O–H groups in total. The Morgan fingerprint density at radius 1 is 1.58 bits per heavy atom. The molecule has 0 fully saturated rings. The highest BCUT2D eigenvalue weighted by atomic mass is 35.5. The lowest BCUT2D eigenvalue weighted by atomic mass is 9.88. The molecule has 12 heavy (non-hydrogen) atoms. The summed E-state index contributed by atoms with van der Waals surface area (Å²) in [6.45, 7) is 2.27. The van der Waals surface area contributed by atoms with Crippen molar-refractivity contribution in [1.29, 1.82) is 0 Å². The Hall–Kier alpha value is -0.560. The van der Waals surface area contributed by atoms with E-state index < -0.39 is 0 Å². The lowest BCUT2D eigenvalue weighted by Gasteiger charge is -2.20. The van der Waals surface area contributed by atoms with Crippen LogP contribution in [0.3, 0.4) is 0 Å². The Balaban J connectivity index is 2.42. The molecular weight excluding hydrogens is 170 g/mol. The van der Waals surface area contributed by atoms with Crippen molar-refractivity contribution in [1.82, 2.24) is 4.98 Å². The number of rotatable bonds is 0. The van der Waals surface area contributed by atoms with Crippen LogP contribution in [0.4, 0.5) is 0 Å². The van der Waals surface area contributed by atoms with Crippen LogP contribution in [0.2, 0.25) is 5.02 Å². The third kappa shape index (κ3) is 1.34. The highest BCUT2D eigenvalue weighted by molar-refractivity contribution is 6.31. The van der Waals surface area contributed by atoms with Gasteiger partial charge in [-0.3, -0.25) is 4.98 Å². The van der Waals surface area contributed by atoms with Crippen molar-refractivity contribution >= 4 is 11.6 Å². The molecular formula is C10H12ClN. The first kappa shape index (κ1) is 8.06. The van der Waals surface area contributed by atoms with E-state index in [1.165, 1.54) is 17.7 Å². The molecule has 0 spiro atoms. The Morgan fingerprint density at radius 2 is 2.42 bits per heavy atom. The van der Waals surface area contributed by atoms with Crippen molar-refractivity contribution in [2.45, 2.75) is 26.2 Å². The summed E-state index contributed by atoms with van der Waals surface area (Å²) in [6, 6.07) is 1.89. The molecule has 0 aliphatic heterocycles. The maximum atomic E-state index is 6.05. The van der Waals surface area contributed by atoms with Crippen molar-refractivity contribution in [2.75, 3.05) is 0 Å². The van der Waals surface area contributed by atoms with Crippen molar-refractivity contribution in [3.63, 3.8) is 0 Å². The fourth-order valence-electron chi connectivity index (χ4n) is 1.77. The zero-order valence-electron chi connectivity index (χ0n) is 7.18. The smallest absolute Gasteiger partial charge is 0.0471 e. The van der Waals surface area contributed by atoms with E-state index in [0.29, 0.717) is 0 Å². The topological polar surface area (TPSA) is 12.9 Å². The van der Waals surface area contributed by atoms with Gasteiger partial charge in [0.25, 0.3) is 0 Å². The zero-order chi connectivity index (χ0) is 8.55. The van der Waals surface area contributed by atoms with E-state index in [1.54, 1.807) is 6.20 Å². The summed E-state index contributed by atoms with van der Waals surface area (Å²) in [5.74, 6) is 0.767. The molecule has 0 saturated carbocycles. The summed E-state index contributed by atoms with van der Waals surface area (Å²) in [6.07, 6.45) is 5.25. The van der Waals surface area contributed by atoms with E-state index in [9.17, 15) is 0 Å². The first-order valence-electron chi connectivity index (χ1n) is 4.39. The SMILES string of the molecule is CC1CCc2c(Cl)ccnc2C1. The van der Waals surface area contributed by atoms with E-state index >= 15 is 0 Å². The first-order valence-corrected chi connectivity index (χ1v) is 4.77. The summed E-state index contributed by atoms with van der Waals surface area (Å²) < 4.78 is 0. The molecule has 1 aromatic rings. The van der Waals surface area contributed by atoms with E-state index in [4.69, 9.17) is 11.6 Å². The third-order valence-electron chi connectivity index (χ3n) is 2.52. The van der Waals surface area contributed by atoms with Gasteiger partial charge in [0, 0.05) is 16.9 Å². The highest BCUT2D eigenvalue weighted by Gasteiger charge is 2.17. The Bertz CT molecular complexity index is 296. The van der Waals surface area contributed by atoms with Crippen molar-refractivity contribution < 1.29 is 0 Å². The van der Waals surface area contributed by atoms with Gasteiger partial charge in [0.15, 0.2) is 0 Å². The van der Waals surface area contributed by atoms with Gasteiger partial charge in [-0.1, -0.05) is 18.5 Å². The molecule has 1 aromatic heterocycles. The summed E-state index contributed by atoms with van der Waals surface area (Å²) >= 11 is 6.05. The third-order valence-corrected chi connectivity index (χ3v) is 2.87. The van der Waals surface area contributed by atoms with Gasteiger partial charge in [-0.15, -0.1) is 0 Å². The second-order valence-corrected chi connectivity index (χ2v) is 3.97. The van der Waals surface area contributed by atoms with Crippen molar-refractivity contribution in [2.24, 2.45) is 5.92 Å². The molecule has 2 rings (SSSR count). The van der Waals surface area contributed by atoms with E-state index in [1.807, 2.05) is 6.07 Å². The summed E-state index contributed by atoms with van der Waals surface area (Å²) in [7, 11) is 0. The Labute approximate surface area is 77.8 Å². The standard InChI is InChI=1S/C10H12ClN/c1-7-2-3-8-9(11)4-5-12-10(8)6-7/h4-5,7H,2-3,6H2,1H3. The van der Waals surface area contributed by atoms with Gasteiger partial charge in [-0.2, -0.15) is 0 Å². The van der Waals surface area contributed by atoms with Gasteiger partial charge in [-0.25, -0.2) is 0 Å². The minimum Gasteiger partial charge on any atom is -0.261 e.